The third-order valence-corrected chi connectivity index (χ3v) is 6.84. The Hall–Kier alpha value is -1.06. The molecule has 1 unspecified atom stereocenters. The van der Waals surface area contributed by atoms with Gasteiger partial charge < -0.3 is 9.47 Å². The fourth-order valence-electron chi connectivity index (χ4n) is 4.10. The van der Waals surface area contributed by atoms with Gasteiger partial charge >= 0.3 is 11.9 Å². The topological polar surface area (TPSA) is 52.6 Å². The molecule has 4 nitrogen and oxygen atoms in total. The summed E-state index contributed by atoms with van der Waals surface area (Å²) < 4.78 is 10.7. The monoisotopic (exact) mass is 482 g/mol. The molecule has 0 saturated heterocycles. The van der Waals surface area contributed by atoms with Crippen LogP contribution < -0.4 is 0 Å². The molecule has 0 aromatic heterocycles. The molecule has 0 heterocycles. The normalized spacial score (nSPS) is 12.0. The maximum absolute atomic E-state index is 11.8. The van der Waals surface area contributed by atoms with E-state index >= 15 is 0 Å². The molecule has 0 saturated carbocycles. The number of hydrogen-bond acceptors (Lipinski definition) is 4. The number of rotatable bonds is 26. The lowest BCUT2D eigenvalue weighted by atomic mass is 10.1. The van der Waals surface area contributed by atoms with E-state index in [0.717, 1.165) is 57.8 Å². The van der Waals surface area contributed by atoms with Crippen LogP contribution in [0.2, 0.25) is 0 Å². The second-order valence-electron chi connectivity index (χ2n) is 10.3. The molecular weight excluding hydrogens is 424 g/mol. The van der Waals surface area contributed by atoms with Crippen LogP contribution in [0.5, 0.6) is 0 Å². The van der Waals surface area contributed by atoms with E-state index in [1.165, 1.54) is 70.6 Å². The van der Waals surface area contributed by atoms with Crippen molar-refractivity contribution in [1.82, 2.24) is 0 Å². The van der Waals surface area contributed by atoms with E-state index in [9.17, 15) is 9.59 Å². The summed E-state index contributed by atoms with van der Waals surface area (Å²) >= 11 is 0. The van der Waals surface area contributed by atoms with Gasteiger partial charge in [0.25, 0.3) is 0 Å². The van der Waals surface area contributed by atoms with E-state index in [1.807, 2.05) is 0 Å². The van der Waals surface area contributed by atoms with Gasteiger partial charge in [-0.05, 0) is 31.6 Å². The zero-order valence-corrected chi connectivity index (χ0v) is 23.2. The zero-order chi connectivity index (χ0) is 25.1. The van der Waals surface area contributed by atoms with Crippen molar-refractivity contribution in [3.05, 3.63) is 0 Å². The van der Waals surface area contributed by atoms with Gasteiger partial charge in [-0.25, -0.2) is 0 Å². The first-order valence-corrected chi connectivity index (χ1v) is 14.9. The minimum atomic E-state index is -0.0563. The van der Waals surface area contributed by atoms with Crippen LogP contribution in [0.1, 0.15) is 162 Å². The molecule has 0 aliphatic rings. The molecule has 4 heteroatoms. The Labute approximate surface area is 212 Å². The number of carbonyl (C=O) groups is 2. The molecule has 0 aliphatic heterocycles. The highest BCUT2D eigenvalue weighted by molar-refractivity contribution is 5.69. The Kier molecular flexibility index (Phi) is 25.7. The summed E-state index contributed by atoms with van der Waals surface area (Å²) in [5.41, 5.74) is 0. The summed E-state index contributed by atoms with van der Waals surface area (Å²) in [6, 6.07) is 0. The fourth-order valence-corrected chi connectivity index (χ4v) is 4.10. The standard InChI is InChI=1S/C30H58O4/c1-4-6-7-8-9-10-11-12-13-16-19-22-26-33-29(31)23-20-17-14-15-18-21-24-30(32)34-27-25-28(3)5-2/h28H,4-27H2,1-3H3. The molecule has 0 aliphatic carbocycles. The van der Waals surface area contributed by atoms with Crippen molar-refractivity contribution in [2.45, 2.75) is 162 Å². The summed E-state index contributed by atoms with van der Waals surface area (Å²) in [7, 11) is 0. The number of carbonyl (C=O) groups excluding carboxylic acids is 2. The lowest BCUT2D eigenvalue weighted by molar-refractivity contribution is -0.145. The first-order valence-electron chi connectivity index (χ1n) is 14.9. The molecule has 0 amide bonds. The first kappa shape index (κ1) is 32.9. The van der Waals surface area contributed by atoms with Gasteiger partial charge in [-0.3, -0.25) is 9.59 Å². The van der Waals surface area contributed by atoms with Gasteiger partial charge in [-0.2, -0.15) is 0 Å². The van der Waals surface area contributed by atoms with Gasteiger partial charge in [0.15, 0.2) is 0 Å². The summed E-state index contributed by atoms with van der Waals surface area (Å²) in [4.78, 5) is 23.5. The highest BCUT2D eigenvalue weighted by atomic mass is 16.5. The minimum absolute atomic E-state index is 0.0387. The third kappa shape index (κ3) is 25.6. The average Bonchev–Trinajstić information content (AvgIpc) is 2.83. The fraction of sp³-hybridized carbons (Fsp3) is 0.933. The van der Waals surface area contributed by atoms with Gasteiger partial charge in [0, 0.05) is 12.8 Å². The Morgan fingerprint density at radius 2 is 0.912 bits per heavy atom. The maximum Gasteiger partial charge on any atom is 0.305 e. The molecule has 0 fully saturated rings. The summed E-state index contributed by atoms with van der Waals surface area (Å²) in [6.07, 6.45) is 25.2. The van der Waals surface area contributed by atoms with Crippen molar-refractivity contribution >= 4 is 11.9 Å². The Bertz CT molecular complexity index is 449. The van der Waals surface area contributed by atoms with E-state index < -0.39 is 0 Å². The molecule has 0 bridgehead atoms. The molecule has 0 rings (SSSR count). The average molecular weight is 483 g/mol. The van der Waals surface area contributed by atoms with Crippen LogP contribution in [0.15, 0.2) is 0 Å². The highest BCUT2D eigenvalue weighted by Crippen LogP contribution is 2.13. The Morgan fingerprint density at radius 1 is 0.529 bits per heavy atom. The second kappa shape index (κ2) is 26.5. The van der Waals surface area contributed by atoms with Gasteiger partial charge in [0.05, 0.1) is 13.2 Å². The molecule has 0 N–H and O–H groups in total. The quantitative estimate of drug-likeness (QED) is 0.0910. The number of hydrogen-bond donors (Lipinski definition) is 0. The summed E-state index contributed by atoms with van der Waals surface area (Å²) in [5, 5.41) is 0. The SMILES string of the molecule is CCCCCCCCCCCCCCOC(=O)CCCCCCCCC(=O)OCCC(C)CC. The third-order valence-electron chi connectivity index (χ3n) is 6.84. The van der Waals surface area contributed by atoms with E-state index in [2.05, 4.69) is 20.8 Å². The Balaban J connectivity index is 3.26. The van der Waals surface area contributed by atoms with Gasteiger partial charge in [0.1, 0.15) is 0 Å². The molecule has 0 aromatic rings. The lowest BCUT2D eigenvalue weighted by Crippen LogP contribution is -2.08. The van der Waals surface area contributed by atoms with Crippen molar-refractivity contribution in [2.24, 2.45) is 5.92 Å². The van der Waals surface area contributed by atoms with Crippen LogP contribution in [0.4, 0.5) is 0 Å². The molecule has 0 radical (unpaired) electrons. The van der Waals surface area contributed by atoms with Crippen LogP contribution in [-0.4, -0.2) is 25.2 Å². The van der Waals surface area contributed by atoms with Crippen LogP contribution in [-0.2, 0) is 19.1 Å². The summed E-state index contributed by atoms with van der Waals surface area (Å²) in [6.45, 7) is 7.77. The zero-order valence-electron chi connectivity index (χ0n) is 23.2. The summed E-state index contributed by atoms with van der Waals surface area (Å²) in [5.74, 6) is 0.530. The Morgan fingerprint density at radius 3 is 1.35 bits per heavy atom. The van der Waals surface area contributed by atoms with Gasteiger partial charge in [-0.15, -0.1) is 0 Å². The smallest absolute Gasteiger partial charge is 0.305 e. The second-order valence-corrected chi connectivity index (χ2v) is 10.3. The van der Waals surface area contributed by atoms with E-state index in [1.54, 1.807) is 0 Å². The van der Waals surface area contributed by atoms with Crippen LogP contribution >= 0.6 is 0 Å². The predicted molar refractivity (Wildman–Crippen MR) is 144 cm³/mol. The van der Waals surface area contributed by atoms with E-state index in [0.29, 0.717) is 32.0 Å². The molecule has 0 aromatic carbocycles. The number of esters is 2. The van der Waals surface area contributed by atoms with Crippen molar-refractivity contribution in [1.29, 1.82) is 0 Å². The van der Waals surface area contributed by atoms with Crippen molar-refractivity contribution < 1.29 is 19.1 Å². The minimum Gasteiger partial charge on any atom is -0.466 e. The van der Waals surface area contributed by atoms with Crippen molar-refractivity contribution in [2.75, 3.05) is 13.2 Å². The number of ether oxygens (including phenoxy) is 2. The largest absolute Gasteiger partial charge is 0.466 e. The first-order chi connectivity index (χ1) is 16.6. The van der Waals surface area contributed by atoms with Crippen molar-refractivity contribution in [3.8, 4) is 0 Å². The van der Waals surface area contributed by atoms with Crippen molar-refractivity contribution in [3.63, 3.8) is 0 Å². The van der Waals surface area contributed by atoms with E-state index in [-0.39, 0.29) is 11.9 Å². The molecular formula is C30H58O4. The van der Waals surface area contributed by atoms with Gasteiger partial charge in [0.2, 0.25) is 0 Å². The maximum atomic E-state index is 11.8. The van der Waals surface area contributed by atoms with E-state index in [4.69, 9.17) is 9.47 Å². The van der Waals surface area contributed by atoms with Crippen LogP contribution in [0.25, 0.3) is 0 Å². The molecule has 0 spiro atoms. The molecule has 1 atom stereocenters. The van der Waals surface area contributed by atoms with Crippen LogP contribution in [0, 0.1) is 5.92 Å². The number of unbranched alkanes of at least 4 members (excludes halogenated alkanes) is 16. The highest BCUT2D eigenvalue weighted by Gasteiger charge is 2.05. The van der Waals surface area contributed by atoms with Gasteiger partial charge in [-0.1, -0.05) is 124 Å². The predicted octanol–water partition coefficient (Wildman–Crippen LogP) is 9.33. The van der Waals surface area contributed by atoms with Crippen LogP contribution in [0.3, 0.4) is 0 Å². The molecule has 34 heavy (non-hydrogen) atoms. The lowest BCUT2D eigenvalue weighted by Gasteiger charge is -2.09. The molecule has 202 valence electrons.